The Kier molecular flexibility index (Phi) is 3.42. The van der Waals surface area contributed by atoms with E-state index in [1.807, 2.05) is 0 Å². The molecule has 3 heteroatoms. The van der Waals surface area contributed by atoms with E-state index in [9.17, 15) is 0 Å². The topological polar surface area (TPSA) is 29.9 Å². The second-order valence-corrected chi connectivity index (χ2v) is 6.00. The van der Waals surface area contributed by atoms with E-state index in [1.54, 1.807) is 0 Å². The summed E-state index contributed by atoms with van der Waals surface area (Å²) in [6.45, 7) is 3.44. The Morgan fingerprint density at radius 1 is 1.11 bits per heavy atom. The normalized spacial score (nSPS) is 25.8. The summed E-state index contributed by atoms with van der Waals surface area (Å²) in [6, 6.07) is 0.542. The number of nitrogens with zero attached hydrogens (tertiary/aromatic N) is 2. The van der Waals surface area contributed by atoms with Gasteiger partial charge in [-0.25, -0.2) is 0 Å². The summed E-state index contributed by atoms with van der Waals surface area (Å²) in [6.07, 6.45) is 9.44. The van der Waals surface area contributed by atoms with E-state index in [2.05, 4.69) is 24.0 Å². The zero-order chi connectivity index (χ0) is 12.5. The van der Waals surface area contributed by atoms with Crippen molar-refractivity contribution in [3.63, 3.8) is 0 Å². The number of aryl methyl sites for hydroxylation is 1. The fourth-order valence-corrected chi connectivity index (χ4v) is 3.83. The average molecular weight is 247 g/mol. The number of hydrogen-bond acceptors (Lipinski definition) is 2. The van der Waals surface area contributed by atoms with E-state index < -0.39 is 0 Å². The molecular weight excluding hydrogens is 222 g/mol. The fourth-order valence-electron chi connectivity index (χ4n) is 3.83. The van der Waals surface area contributed by atoms with Crippen molar-refractivity contribution in [2.24, 2.45) is 7.05 Å². The van der Waals surface area contributed by atoms with Gasteiger partial charge in [-0.2, -0.15) is 5.10 Å². The highest BCUT2D eigenvalue weighted by molar-refractivity contribution is 5.30. The van der Waals surface area contributed by atoms with Crippen LogP contribution in [0.1, 0.15) is 73.9 Å². The summed E-state index contributed by atoms with van der Waals surface area (Å²) in [5.41, 5.74) is 4.29. The molecule has 0 amide bonds. The van der Waals surface area contributed by atoms with Crippen LogP contribution in [0, 0.1) is 6.92 Å². The Morgan fingerprint density at radius 2 is 1.89 bits per heavy atom. The highest BCUT2D eigenvalue weighted by atomic mass is 15.3. The second kappa shape index (κ2) is 5.04. The molecule has 100 valence electrons. The number of hydrogen-bond donors (Lipinski definition) is 1. The van der Waals surface area contributed by atoms with Crippen LogP contribution in [-0.2, 0) is 7.05 Å². The first-order valence-corrected chi connectivity index (χ1v) is 7.54. The van der Waals surface area contributed by atoms with Crippen molar-refractivity contribution < 1.29 is 0 Å². The molecule has 3 rings (SSSR count). The maximum absolute atomic E-state index is 4.86. The number of nitrogens with one attached hydrogen (secondary N) is 1. The average Bonchev–Trinajstić information content (AvgIpc) is 2.99. The van der Waals surface area contributed by atoms with E-state index >= 15 is 0 Å². The van der Waals surface area contributed by atoms with Gasteiger partial charge < -0.3 is 5.32 Å². The van der Waals surface area contributed by atoms with Crippen molar-refractivity contribution in [3.05, 3.63) is 17.0 Å². The Balaban J connectivity index is 1.89. The van der Waals surface area contributed by atoms with Gasteiger partial charge in [0.05, 0.1) is 11.4 Å². The standard InChI is InChI=1S/C15H25N3/c1-11-14(12-7-4-3-5-8-12)17-18(2)15(11)13-9-6-10-16-13/h12-13,16H,3-10H2,1-2H3. The molecule has 0 bridgehead atoms. The van der Waals surface area contributed by atoms with Crippen LogP contribution in [0.3, 0.4) is 0 Å². The smallest absolute Gasteiger partial charge is 0.0688 e. The predicted molar refractivity (Wildman–Crippen MR) is 73.7 cm³/mol. The molecule has 2 heterocycles. The zero-order valence-corrected chi connectivity index (χ0v) is 11.7. The van der Waals surface area contributed by atoms with Gasteiger partial charge in [-0.15, -0.1) is 0 Å². The SMILES string of the molecule is Cc1c(C2CCCCC2)nn(C)c1C1CCCN1. The molecule has 1 aliphatic heterocycles. The first kappa shape index (κ1) is 12.2. The van der Waals surface area contributed by atoms with E-state index in [0.717, 1.165) is 12.5 Å². The monoisotopic (exact) mass is 247 g/mol. The summed E-state index contributed by atoms with van der Waals surface area (Å²) >= 11 is 0. The van der Waals surface area contributed by atoms with Crippen molar-refractivity contribution in [2.45, 2.75) is 63.8 Å². The van der Waals surface area contributed by atoms with Crippen LogP contribution in [0.2, 0.25) is 0 Å². The van der Waals surface area contributed by atoms with Crippen LogP contribution in [0.15, 0.2) is 0 Å². The van der Waals surface area contributed by atoms with Crippen molar-refractivity contribution in [3.8, 4) is 0 Å². The van der Waals surface area contributed by atoms with Crippen LogP contribution in [0.5, 0.6) is 0 Å². The van der Waals surface area contributed by atoms with Gasteiger partial charge in [0.2, 0.25) is 0 Å². The largest absolute Gasteiger partial charge is 0.309 e. The van der Waals surface area contributed by atoms with Gasteiger partial charge in [-0.1, -0.05) is 19.3 Å². The van der Waals surface area contributed by atoms with Gasteiger partial charge in [0.25, 0.3) is 0 Å². The quantitative estimate of drug-likeness (QED) is 0.869. The third kappa shape index (κ3) is 2.09. The van der Waals surface area contributed by atoms with E-state index in [1.165, 1.54) is 61.9 Å². The van der Waals surface area contributed by atoms with Crippen LogP contribution >= 0.6 is 0 Å². The lowest BCUT2D eigenvalue weighted by atomic mass is 9.85. The minimum Gasteiger partial charge on any atom is -0.309 e. The Hall–Kier alpha value is -0.830. The fraction of sp³-hybridized carbons (Fsp3) is 0.800. The molecule has 1 unspecified atom stereocenters. The van der Waals surface area contributed by atoms with Crippen molar-refractivity contribution in [2.75, 3.05) is 6.54 Å². The van der Waals surface area contributed by atoms with Crippen molar-refractivity contribution in [1.29, 1.82) is 0 Å². The summed E-state index contributed by atoms with van der Waals surface area (Å²) < 4.78 is 2.14. The molecule has 1 saturated heterocycles. The molecule has 18 heavy (non-hydrogen) atoms. The zero-order valence-electron chi connectivity index (χ0n) is 11.7. The van der Waals surface area contributed by atoms with Crippen molar-refractivity contribution in [1.82, 2.24) is 15.1 Å². The molecule has 1 N–H and O–H groups in total. The molecule has 1 aliphatic carbocycles. The van der Waals surface area contributed by atoms with Gasteiger partial charge in [0.15, 0.2) is 0 Å². The highest BCUT2D eigenvalue weighted by Crippen LogP contribution is 2.36. The maximum Gasteiger partial charge on any atom is 0.0688 e. The van der Waals surface area contributed by atoms with Gasteiger partial charge in [-0.3, -0.25) is 4.68 Å². The molecule has 1 saturated carbocycles. The Bertz CT molecular complexity index is 410. The first-order chi connectivity index (χ1) is 8.77. The predicted octanol–water partition coefficient (Wildman–Crippen LogP) is 3.20. The summed E-state index contributed by atoms with van der Waals surface area (Å²) in [5, 5.41) is 8.47. The van der Waals surface area contributed by atoms with Gasteiger partial charge >= 0.3 is 0 Å². The molecular formula is C15H25N3. The van der Waals surface area contributed by atoms with E-state index in [0.29, 0.717) is 6.04 Å². The lowest BCUT2D eigenvalue weighted by molar-refractivity contribution is 0.432. The minimum atomic E-state index is 0.542. The Labute approximate surface area is 110 Å². The molecule has 1 atom stereocenters. The molecule has 2 fully saturated rings. The lowest BCUT2D eigenvalue weighted by Gasteiger charge is -2.20. The van der Waals surface area contributed by atoms with E-state index in [4.69, 9.17) is 5.10 Å². The molecule has 0 spiro atoms. The first-order valence-electron chi connectivity index (χ1n) is 7.54. The van der Waals surface area contributed by atoms with Crippen LogP contribution in [0.25, 0.3) is 0 Å². The van der Waals surface area contributed by atoms with Crippen LogP contribution < -0.4 is 5.32 Å². The number of rotatable bonds is 2. The molecule has 2 aliphatic rings. The van der Waals surface area contributed by atoms with Crippen molar-refractivity contribution >= 4 is 0 Å². The summed E-state index contributed by atoms with van der Waals surface area (Å²) in [7, 11) is 2.12. The van der Waals surface area contributed by atoms with Gasteiger partial charge in [0, 0.05) is 19.0 Å². The lowest BCUT2D eigenvalue weighted by Crippen LogP contribution is -2.17. The second-order valence-electron chi connectivity index (χ2n) is 6.00. The third-order valence-electron chi connectivity index (χ3n) is 4.76. The minimum absolute atomic E-state index is 0.542. The third-order valence-corrected chi connectivity index (χ3v) is 4.76. The van der Waals surface area contributed by atoms with Crippen LogP contribution in [-0.4, -0.2) is 16.3 Å². The van der Waals surface area contributed by atoms with Gasteiger partial charge in [0.1, 0.15) is 0 Å². The van der Waals surface area contributed by atoms with Crippen LogP contribution in [0.4, 0.5) is 0 Å². The maximum atomic E-state index is 4.86. The highest BCUT2D eigenvalue weighted by Gasteiger charge is 2.27. The molecule has 0 radical (unpaired) electrons. The molecule has 1 aromatic rings. The molecule has 1 aromatic heterocycles. The summed E-state index contributed by atoms with van der Waals surface area (Å²) in [5.74, 6) is 0.722. The Morgan fingerprint density at radius 3 is 2.56 bits per heavy atom. The molecule has 0 aromatic carbocycles. The van der Waals surface area contributed by atoms with E-state index in [-0.39, 0.29) is 0 Å². The number of aromatic nitrogens is 2. The molecule has 3 nitrogen and oxygen atoms in total. The van der Waals surface area contributed by atoms with Gasteiger partial charge in [-0.05, 0) is 44.7 Å². The summed E-state index contributed by atoms with van der Waals surface area (Å²) in [4.78, 5) is 0.